The Balaban J connectivity index is 1.69. The monoisotopic (exact) mass is 388 g/mol. The third-order valence-electron chi connectivity index (χ3n) is 4.85. The molecule has 0 bridgehead atoms. The van der Waals surface area contributed by atoms with Crippen molar-refractivity contribution < 1.29 is 18.3 Å². The second-order valence-electron chi connectivity index (χ2n) is 6.82. The van der Waals surface area contributed by atoms with E-state index < -0.39 is 16.1 Å². The van der Waals surface area contributed by atoms with Crippen LogP contribution in [0.1, 0.15) is 39.6 Å². The van der Waals surface area contributed by atoms with Crippen LogP contribution in [0.4, 0.5) is 5.69 Å². The minimum Gasteiger partial charge on any atom is -0.387 e. The highest BCUT2D eigenvalue weighted by Gasteiger charge is 2.28. The molecular formula is C20H24N2O4S. The Bertz CT molecular complexity index is 956. The molecule has 2 N–H and O–H groups in total. The number of rotatable bonds is 5. The molecule has 1 fully saturated rings. The molecule has 1 unspecified atom stereocenters. The van der Waals surface area contributed by atoms with Crippen molar-refractivity contribution in [2.45, 2.75) is 26.4 Å². The van der Waals surface area contributed by atoms with Gasteiger partial charge in [-0.3, -0.25) is 9.10 Å². The van der Waals surface area contributed by atoms with Gasteiger partial charge in [0, 0.05) is 18.7 Å². The van der Waals surface area contributed by atoms with E-state index in [4.69, 9.17) is 0 Å². The van der Waals surface area contributed by atoms with Crippen LogP contribution in [0, 0.1) is 13.8 Å². The summed E-state index contributed by atoms with van der Waals surface area (Å²) in [5.41, 5.74) is 3.49. The number of aliphatic hydroxyl groups excluding tert-OH is 1. The minimum absolute atomic E-state index is 0.103. The van der Waals surface area contributed by atoms with Crippen LogP contribution >= 0.6 is 0 Å². The van der Waals surface area contributed by atoms with E-state index in [9.17, 15) is 18.3 Å². The lowest BCUT2D eigenvalue weighted by molar-refractivity contribution is 0.0915. The van der Waals surface area contributed by atoms with Crippen LogP contribution in [-0.4, -0.2) is 38.3 Å². The fourth-order valence-corrected chi connectivity index (χ4v) is 4.90. The first kappa shape index (κ1) is 19.4. The first-order valence-electron chi connectivity index (χ1n) is 8.92. The number of sulfonamides is 1. The molecule has 3 rings (SSSR count). The molecule has 1 aliphatic heterocycles. The maximum atomic E-state index is 12.5. The van der Waals surface area contributed by atoms with Crippen molar-refractivity contribution in [3.63, 3.8) is 0 Å². The fraction of sp³-hybridized carbons (Fsp3) is 0.350. The number of carbonyl (C=O) groups is 1. The second kappa shape index (κ2) is 7.70. The van der Waals surface area contributed by atoms with Gasteiger partial charge < -0.3 is 10.4 Å². The molecule has 0 saturated carbocycles. The average molecular weight is 388 g/mol. The summed E-state index contributed by atoms with van der Waals surface area (Å²) in [4.78, 5) is 12.5. The van der Waals surface area contributed by atoms with Gasteiger partial charge >= 0.3 is 0 Å². The van der Waals surface area contributed by atoms with Gasteiger partial charge in [-0.15, -0.1) is 0 Å². The van der Waals surface area contributed by atoms with Gasteiger partial charge in [0.05, 0.1) is 17.5 Å². The van der Waals surface area contributed by atoms with E-state index in [1.54, 1.807) is 25.1 Å². The molecule has 2 aromatic carbocycles. The van der Waals surface area contributed by atoms with Crippen LogP contribution < -0.4 is 9.62 Å². The topological polar surface area (TPSA) is 86.7 Å². The van der Waals surface area contributed by atoms with Crippen LogP contribution in [0.15, 0.2) is 42.5 Å². The Morgan fingerprint density at radius 1 is 1.19 bits per heavy atom. The Labute approximate surface area is 159 Å². The van der Waals surface area contributed by atoms with Crippen LogP contribution in [0.5, 0.6) is 0 Å². The Kier molecular flexibility index (Phi) is 5.53. The lowest BCUT2D eigenvalue weighted by Gasteiger charge is -2.19. The largest absolute Gasteiger partial charge is 0.387 e. The quantitative estimate of drug-likeness (QED) is 0.823. The molecule has 0 radical (unpaired) electrons. The summed E-state index contributed by atoms with van der Waals surface area (Å²) in [6.45, 7) is 4.26. The Hall–Kier alpha value is -2.38. The summed E-state index contributed by atoms with van der Waals surface area (Å²) in [5.74, 6) is -0.138. The number of aliphatic hydroxyl groups is 1. The van der Waals surface area contributed by atoms with Crippen molar-refractivity contribution in [2.75, 3.05) is 23.1 Å². The molecule has 1 atom stereocenters. The first-order valence-corrected chi connectivity index (χ1v) is 10.5. The van der Waals surface area contributed by atoms with E-state index in [2.05, 4.69) is 5.32 Å². The maximum Gasteiger partial charge on any atom is 0.251 e. The van der Waals surface area contributed by atoms with Crippen molar-refractivity contribution >= 4 is 21.6 Å². The van der Waals surface area contributed by atoms with Crippen LogP contribution in [0.2, 0.25) is 0 Å². The zero-order valence-corrected chi connectivity index (χ0v) is 16.3. The zero-order chi connectivity index (χ0) is 19.6. The highest BCUT2D eigenvalue weighted by Crippen LogP contribution is 2.26. The van der Waals surface area contributed by atoms with Gasteiger partial charge in [0.15, 0.2) is 0 Å². The van der Waals surface area contributed by atoms with Gasteiger partial charge in [0.25, 0.3) is 5.91 Å². The number of benzene rings is 2. The summed E-state index contributed by atoms with van der Waals surface area (Å²) >= 11 is 0. The minimum atomic E-state index is -3.25. The predicted molar refractivity (Wildman–Crippen MR) is 105 cm³/mol. The summed E-state index contributed by atoms with van der Waals surface area (Å²) in [7, 11) is -3.25. The zero-order valence-electron chi connectivity index (χ0n) is 15.5. The molecule has 27 heavy (non-hydrogen) atoms. The number of hydrogen-bond donors (Lipinski definition) is 2. The van der Waals surface area contributed by atoms with Crippen molar-refractivity contribution in [2.24, 2.45) is 0 Å². The van der Waals surface area contributed by atoms with Gasteiger partial charge in [-0.25, -0.2) is 8.42 Å². The fourth-order valence-electron chi connectivity index (χ4n) is 3.34. The predicted octanol–water partition coefficient (Wildman–Crippen LogP) is 2.31. The number of amides is 1. The standard InChI is InChI=1S/C20H24N2O4S/c1-14-6-3-4-7-17(14)19(23)13-21-20(24)18-9-8-16(12-15(18)2)22-10-5-11-27(22,25)26/h3-4,6-9,12,19,23H,5,10-11,13H2,1-2H3,(H,21,24). The van der Waals surface area contributed by atoms with E-state index in [1.165, 1.54) is 4.31 Å². The van der Waals surface area contributed by atoms with Gasteiger partial charge in [0.2, 0.25) is 10.0 Å². The average Bonchev–Trinajstić information content (AvgIpc) is 2.98. The van der Waals surface area contributed by atoms with Gasteiger partial charge in [-0.1, -0.05) is 24.3 Å². The van der Waals surface area contributed by atoms with Crippen LogP contribution in [-0.2, 0) is 10.0 Å². The van der Waals surface area contributed by atoms with Crippen molar-refractivity contribution in [1.82, 2.24) is 5.32 Å². The molecule has 1 amide bonds. The molecule has 1 heterocycles. The number of nitrogens with zero attached hydrogens (tertiary/aromatic N) is 1. The summed E-state index contributed by atoms with van der Waals surface area (Å²) in [6.07, 6.45) is -0.176. The maximum absolute atomic E-state index is 12.5. The van der Waals surface area contributed by atoms with Crippen molar-refractivity contribution in [3.8, 4) is 0 Å². The molecular weight excluding hydrogens is 364 g/mol. The summed E-state index contributed by atoms with van der Waals surface area (Å²) in [6, 6.07) is 12.5. The van der Waals surface area contributed by atoms with E-state index in [1.807, 2.05) is 31.2 Å². The van der Waals surface area contributed by atoms with Gasteiger partial charge in [-0.05, 0) is 55.2 Å². The second-order valence-corrected chi connectivity index (χ2v) is 8.84. The lowest BCUT2D eigenvalue weighted by Crippen LogP contribution is -2.29. The smallest absolute Gasteiger partial charge is 0.251 e. The normalized spacial score (nSPS) is 16.9. The molecule has 0 spiro atoms. The highest BCUT2D eigenvalue weighted by molar-refractivity contribution is 7.93. The first-order chi connectivity index (χ1) is 12.8. The van der Waals surface area contributed by atoms with Crippen LogP contribution in [0.3, 0.4) is 0 Å². The molecule has 7 heteroatoms. The Morgan fingerprint density at radius 2 is 1.93 bits per heavy atom. The van der Waals surface area contributed by atoms with Crippen molar-refractivity contribution in [1.29, 1.82) is 0 Å². The Morgan fingerprint density at radius 3 is 2.56 bits per heavy atom. The number of hydrogen-bond acceptors (Lipinski definition) is 4. The lowest BCUT2D eigenvalue weighted by atomic mass is 10.0. The SMILES string of the molecule is Cc1cc(N2CCCS2(=O)=O)ccc1C(=O)NCC(O)c1ccccc1C. The summed E-state index contributed by atoms with van der Waals surface area (Å²) in [5, 5.41) is 13.1. The van der Waals surface area contributed by atoms with Crippen molar-refractivity contribution in [3.05, 3.63) is 64.7 Å². The molecule has 6 nitrogen and oxygen atoms in total. The molecule has 144 valence electrons. The molecule has 0 aromatic heterocycles. The molecule has 1 aliphatic rings. The third kappa shape index (κ3) is 4.14. The van der Waals surface area contributed by atoms with E-state index in [0.717, 1.165) is 11.1 Å². The molecule has 2 aromatic rings. The van der Waals surface area contributed by atoms with Crippen LogP contribution in [0.25, 0.3) is 0 Å². The molecule has 1 saturated heterocycles. The number of aryl methyl sites for hydroxylation is 2. The number of carbonyl (C=O) groups excluding carboxylic acids is 1. The van der Waals surface area contributed by atoms with Gasteiger partial charge in [-0.2, -0.15) is 0 Å². The molecule has 0 aliphatic carbocycles. The van der Waals surface area contributed by atoms with E-state index in [-0.39, 0.29) is 18.2 Å². The highest BCUT2D eigenvalue weighted by atomic mass is 32.2. The van der Waals surface area contributed by atoms with Gasteiger partial charge in [0.1, 0.15) is 0 Å². The van der Waals surface area contributed by atoms with E-state index in [0.29, 0.717) is 29.8 Å². The summed E-state index contributed by atoms with van der Waals surface area (Å²) < 4.78 is 25.5. The van der Waals surface area contributed by atoms with E-state index >= 15 is 0 Å². The third-order valence-corrected chi connectivity index (χ3v) is 6.71. The number of anilines is 1. The number of nitrogens with one attached hydrogen (secondary N) is 1.